The third-order valence-corrected chi connectivity index (χ3v) is 4.71. The van der Waals surface area contributed by atoms with Gasteiger partial charge in [0.2, 0.25) is 0 Å². The number of hydrogen-bond acceptors (Lipinski definition) is 3. The van der Waals surface area contributed by atoms with Crippen molar-refractivity contribution < 1.29 is 9.35 Å². The minimum Gasteiger partial charge on any atom is -0.588 e. The molecule has 4 heteroatoms. The van der Waals surface area contributed by atoms with Gasteiger partial charge in [0.25, 0.3) is 0 Å². The Kier molecular flexibility index (Phi) is 2.84. The first-order valence-electron chi connectivity index (χ1n) is 5.99. The van der Waals surface area contributed by atoms with Crippen LogP contribution in [-0.2, 0) is 11.4 Å². The van der Waals surface area contributed by atoms with E-state index in [2.05, 4.69) is 0 Å². The van der Waals surface area contributed by atoms with Crippen LogP contribution in [0.15, 0.2) is 47.4 Å². The van der Waals surface area contributed by atoms with Gasteiger partial charge in [0, 0.05) is 0 Å². The van der Waals surface area contributed by atoms with Gasteiger partial charge in [-0.15, -0.1) is 0 Å². The predicted molar refractivity (Wildman–Crippen MR) is 75.9 cm³/mol. The molecule has 3 nitrogen and oxygen atoms in total. The maximum absolute atomic E-state index is 12.6. The molecule has 0 spiro atoms. The number of rotatable bonds is 0. The van der Waals surface area contributed by atoms with Gasteiger partial charge >= 0.3 is 0 Å². The zero-order valence-electron chi connectivity index (χ0n) is 10.7. The molecule has 0 saturated heterocycles. The number of benzene rings is 2. The van der Waals surface area contributed by atoms with Crippen LogP contribution in [0.1, 0.15) is 21.5 Å². The fourth-order valence-corrected chi connectivity index (χ4v) is 3.55. The average Bonchev–Trinajstić information content (AvgIpc) is 2.51. The first-order chi connectivity index (χ1) is 9.09. The van der Waals surface area contributed by atoms with Crippen LogP contribution >= 0.6 is 0 Å². The van der Waals surface area contributed by atoms with Crippen molar-refractivity contribution in [2.24, 2.45) is 0 Å². The van der Waals surface area contributed by atoms with Crippen LogP contribution in [0.3, 0.4) is 0 Å². The highest BCUT2D eigenvalue weighted by Crippen LogP contribution is 2.34. The summed E-state index contributed by atoms with van der Waals surface area (Å²) in [5.41, 5.74) is 2.83. The lowest BCUT2D eigenvalue weighted by molar-refractivity contribution is 0.103. The van der Waals surface area contributed by atoms with Crippen LogP contribution in [-0.4, -0.2) is 17.4 Å². The largest absolute Gasteiger partial charge is 0.588 e. The van der Waals surface area contributed by atoms with Crippen molar-refractivity contribution in [1.29, 1.82) is 0 Å². The summed E-state index contributed by atoms with van der Waals surface area (Å²) in [6.07, 6.45) is 0. The molecule has 0 amide bonds. The van der Waals surface area contributed by atoms with Crippen molar-refractivity contribution in [3.8, 4) is 0 Å². The number of carbonyl (C=O) groups excluding carboxylic acids is 1. The molecule has 19 heavy (non-hydrogen) atoms. The Bertz CT molecular complexity index is 669. The molecule has 96 valence electrons. The van der Waals surface area contributed by atoms with Crippen LogP contribution in [0.5, 0.6) is 0 Å². The standard InChI is InChI=1S/C15H13NO2S/c1-10-7-8-12-14(9-10)19(18)16(2)13-6-4-3-5-11(13)15(12)17/h3-9H,1-2H3. The summed E-state index contributed by atoms with van der Waals surface area (Å²) in [5, 5.41) is 0. The second-order valence-corrected chi connectivity index (χ2v) is 6.08. The van der Waals surface area contributed by atoms with Gasteiger partial charge in [0.05, 0.1) is 23.9 Å². The van der Waals surface area contributed by atoms with Gasteiger partial charge in [-0.1, -0.05) is 18.2 Å². The molecule has 1 aliphatic rings. The highest BCUT2D eigenvalue weighted by atomic mass is 32.2. The van der Waals surface area contributed by atoms with Crippen molar-refractivity contribution in [2.45, 2.75) is 11.8 Å². The lowest BCUT2D eigenvalue weighted by Crippen LogP contribution is -2.26. The molecule has 2 aromatic carbocycles. The van der Waals surface area contributed by atoms with E-state index in [0.717, 1.165) is 5.56 Å². The third-order valence-electron chi connectivity index (χ3n) is 3.31. The van der Waals surface area contributed by atoms with Gasteiger partial charge in [-0.2, -0.15) is 4.31 Å². The first-order valence-corrected chi connectivity index (χ1v) is 7.10. The number of para-hydroxylation sites is 1. The minimum atomic E-state index is -1.36. The molecule has 0 aromatic heterocycles. The highest BCUT2D eigenvalue weighted by molar-refractivity contribution is 7.93. The zero-order valence-corrected chi connectivity index (χ0v) is 11.5. The number of carbonyl (C=O) groups is 1. The van der Waals surface area contributed by atoms with Gasteiger partial charge in [0.1, 0.15) is 11.4 Å². The van der Waals surface area contributed by atoms with Crippen molar-refractivity contribution in [3.63, 3.8) is 0 Å². The summed E-state index contributed by atoms with van der Waals surface area (Å²) >= 11 is -1.36. The summed E-state index contributed by atoms with van der Waals surface area (Å²) in [6, 6.07) is 12.7. The summed E-state index contributed by atoms with van der Waals surface area (Å²) in [6.45, 7) is 1.93. The zero-order chi connectivity index (χ0) is 13.6. The SMILES string of the molecule is Cc1ccc2c(c1)[S+]([O-])N(C)c1ccccc1C2=O. The Hall–Kier alpha value is -1.78. The lowest BCUT2D eigenvalue weighted by atomic mass is 10.0. The van der Waals surface area contributed by atoms with Gasteiger partial charge in [0.15, 0.2) is 10.7 Å². The van der Waals surface area contributed by atoms with E-state index in [1.54, 1.807) is 23.5 Å². The van der Waals surface area contributed by atoms with Crippen LogP contribution in [0.4, 0.5) is 5.69 Å². The van der Waals surface area contributed by atoms with Crippen LogP contribution in [0.25, 0.3) is 0 Å². The molecule has 3 rings (SSSR count). The van der Waals surface area contributed by atoms with E-state index >= 15 is 0 Å². The molecule has 2 aromatic rings. The maximum atomic E-state index is 12.6. The number of ketones is 1. The molecule has 1 unspecified atom stereocenters. The number of aryl methyl sites for hydroxylation is 1. The van der Waals surface area contributed by atoms with Gasteiger partial charge in [-0.3, -0.25) is 4.79 Å². The molecule has 1 heterocycles. The Morgan fingerprint density at radius 2 is 1.84 bits per heavy atom. The third kappa shape index (κ3) is 1.84. The summed E-state index contributed by atoms with van der Waals surface area (Å²) in [4.78, 5) is 13.2. The second kappa shape index (κ2) is 4.40. The van der Waals surface area contributed by atoms with E-state index in [4.69, 9.17) is 0 Å². The van der Waals surface area contributed by atoms with Gasteiger partial charge in [-0.25, -0.2) is 0 Å². The van der Waals surface area contributed by atoms with E-state index in [-0.39, 0.29) is 5.78 Å². The molecule has 0 aliphatic carbocycles. The molecule has 0 fully saturated rings. The first kappa shape index (κ1) is 12.3. The van der Waals surface area contributed by atoms with E-state index in [1.807, 2.05) is 37.3 Å². The lowest BCUT2D eigenvalue weighted by Gasteiger charge is -2.21. The molecule has 1 aliphatic heterocycles. The molecule has 0 saturated carbocycles. The van der Waals surface area contributed by atoms with Gasteiger partial charge < -0.3 is 4.55 Å². The number of hydrogen-bond donors (Lipinski definition) is 0. The van der Waals surface area contributed by atoms with E-state index < -0.39 is 11.4 Å². The Labute approximate surface area is 115 Å². The Balaban J connectivity index is 2.30. The van der Waals surface area contributed by atoms with Crippen molar-refractivity contribution in [3.05, 3.63) is 59.2 Å². The highest BCUT2D eigenvalue weighted by Gasteiger charge is 2.33. The molecule has 0 bridgehead atoms. The normalized spacial score (nSPS) is 17.7. The van der Waals surface area contributed by atoms with E-state index in [1.165, 1.54) is 0 Å². The van der Waals surface area contributed by atoms with Crippen molar-refractivity contribution >= 4 is 22.8 Å². The predicted octanol–water partition coefficient (Wildman–Crippen LogP) is 2.70. The summed E-state index contributed by atoms with van der Waals surface area (Å²) in [5.74, 6) is -0.0664. The molecule has 1 atom stereocenters. The average molecular weight is 271 g/mol. The van der Waals surface area contributed by atoms with E-state index in [0.29, 0.717) is 21.7 Å². The topological polar surface area (TPSA) is 43.4 Å². The Morgan fingerprint density at radius 1 is 1.11 bits per heavy atom. The second-order valence-electron chi connectivity index (χ2n) is 4.59. The number of nitrogens with zero attached hydrogens (tertiary/aromatic N) is 1. The Morgan fingerprint density at radius 3 is 2.63 bits per heavy atom. The molecule has 0 radical (unpaired) electrons. The van der Waals surface area contributed by atoms with Crippen LogP contribution in [0, 0.1) is 6.92 Å². The minimum absolute atomic E-state index is 0.0664. The summed E-state index contributed by atoms with van der Waals surface area (Å²) in [7, 11) is 1.75. The maximum Gasteiger partial charge on any atom is 0.200 e. The van der Waals surface area contributed by atoms with Crippen LogP contribution < -0.4 is 4.31 Å². The fourth-order valence-electron chi connectivity index (χ4n) is 2.28. The molecular formula is C15H13NO2S. The number of anilines is 1. The van der Waals surface area contributed by atoms with Crippen molar-refractivity contribution in [2.75, 3.05) is 11.4 Å². The fraction of sp³-hybridized carbons (Fsp3) is 0.133. The van der Waals surface area contributed by atoms with Crippen molar-refractivity contribution in [1.82, 2.24) is 0 Å². The molecule has 0 N–H and O–H groups in total. The summed E-state index contributed by atoms with van der Waals surface area (Å²) < 4.78 is 14.2. The number of fused-ring (bicyclic) bond motifs is 2. The monoisotopic (exact) mass is 271 g/mol. The quantitative estimate of drug-likeness (QED) is 0.692. The van der Waals surface area contributed by atoms with E-state index in [9.17, 15) is 9.35 Å². The van der Waals surface area contributed by atoms with Gasteiger partial charge in [-0.05, 0) is 36.8 Å². The van der Waals surface area contributed by atoms with Crippen LogP contribution in [0.2, 0.25) is 0 Å². The smallest absolute Gasteiger partial charge is 0.200 e. The molecular weight excluding hydrogens is 258 g/mol.